The van der Waals surface area contributed by atoms with Gasteiger partial charge in [0.05, 0.1) is 6.04 Å². The van der Waals surface area contributed by atoms with Crippen LogP contribution in [0.4, 0.5) is 4.79 Å². The third-order valence-electron chi connectivity index (χ3n) is 2.36. The highest BCUT2D eigenvalue weighted by Gasteiger charge is 2.55. The Morgan fingerprint density at radius 3 is 1.78 bits per heavy atom. The number of amides is 1. The lowest BCUT2D eigenvalue weighted by Gasteiger charge is -2.21. The minimum Gasteiger partial charge on any atom is -0.458 e. The Kier molecular flexibility index (Phi) is 3.65. The molecule has 0 aliphatic carbocycles. The summed E-state index contributed by atoms with van der Waals surface area (Å²) < 4.78 is 10.5. The normalized spacial score (nSPS) is 23.6. The van der Waals surface area contributed by atoms with E-state index in [4.69, 9.17) is 9.47 Å². The van der Waals surface area contributed by atoms with Crippen LogP contribution in [0.5, 0.6) is 0 Å². The van der Waals surface area contributed by atoms with Gasteiger partial charge < -0.3 is 9.47 Å². The largest absolute Gasteiger partial charge is 0.458 e. The van der Waals surface area contributed by atoms with Crippen LogP contribution in [0.25, 0.3) is 0 Å². The van der Waals surface area contributed by atoms with Crippen LogP contribution in [-0.2, 0) is 14.3 Å². The number of hydrogen-bond acceptors (Lipinski definition) is 4. The molecule has 104 valence electrons. The standard InChI is InChI=1S/C13H23NO4/c1-8-9(10(15)17-12(2,3)4)14(8)11(16)18-13(5,6)7/h8-9H,1-7H3/t8-,9+,14?/m1/s1. The maximum absolute atomic E-state index is 11.8. The lowest BCUT2D eigenvalue weighted by atomic mass is 10.2. The molecule has 5 nitrogen and oxygen atoms in total. The van der Waals surface area contributed by atoms with Crippen molar-refractivity contribution in [2.24, 2.45) is 0 Å². The Morgan fingerprint density at radius 2 is 1.39 bits per heavy atom. The van der Waals surface area contributed by atoms with Gasteiger partial charge in [-0.2, -0.15) is 0 Å². The van der Waals surface area contributed by atoms with Crippen molar-refractivity contribution in [2.45, 2.75) is 71.8 Å². The monoisotopic (exact) mass is 257 g/mol. The molecular weight excluding hydrogens is 234 g/mol. The zero-order valence-corrected chi connectivity index (χ0v) is 12.2. The van der Waals surface area contributed by atoms with Gasteiger partial charge in [-0.3, -0.25) is 4.90 Å². The van der Waals surface area contributed by atoms with E-state index in [1.165, 1.54) is 4.90 Å². The summed E-state index contributed by atoms with van der Waals surface area (Å²) in [5, 5.41) is 0. The highest BCUT2D eigenvalue weighted by molar-refractivity contribution is 5.88. The van der Waals surface area contributed by atoms with Gasteiger partial charge in [0.25, 0.3) is 0 Å². The molecule has 0 spiro atoms. The molecule has 1 amide bonds. The van der Waals surface area contributed by atoms with E-state index in [2.05, 4.69) is 0 Å². The average Bonchev–Trinajstić information content (AvgIpc) is 2.70. The Morgan fingerprint density at radius 1 is 0.944 bits per heavy atom. The number of ether oxygens (including phenoxy) is 2. The Bertz CT molecular complexity index is 317. The lowest BCUT2D eigenvalue weighted by molar-refractivity contribution is -0.155. The topological polar surface area (TPSA) is 55.6 Å². The number of hydrogen-bond donors (Lipinski definition) is 0. The Labute approximate surface area is 108 Å². The zero-order chi connectivity index (χ0) is 14.3. The fourth-order valence-electron chi connectivity index (χ4n) is 1.62. The molecule has 1 aliphatic heterocycles. The van der Waals surface area contributed by atoms with Crippen LogP contribution < -0.4 is 0 Å². The van der Waals surface area contributed by atoms with Crippen molar-refractivity contribution in [1.82, 2.24) is 4.90 Å². The predicted molar refractivity (Wildman–Crippen MR) is 67.2 cm³/mol. The molecule has 2 atom stereocenters. The lowest BCUT2D eigenvalue weighted by Crippen LogP contribution is -2.32. The molecule has 1 rings (SSSR count). The van der Waals surface area contributed by atoms with Crippen molar-refractivity contribution in [2.75, 3.05) is 0 Å². The van der Waals surface area contributed by atoms with E-state index >= 15 is 0 Å². The quantitative estimate of drug-likeness (QED) is 0.534. The van der Waals surface area contributed by atoms with Gasteiger partial charge in [0.15, 0.2) is 6.04 Å². The molecule has 1 aliphatic rings. The smallest absolute Gasteiger partial charge is 0.411 e. The van der Waals surface area contributed by atoms with Crippen molar-refractivity contribution < 1.29 is 19.1 Å². The van der Waals surface area contributed by atoms with Crippen LogP contribution in [0, 0.1) is 0 Å². The number of rotatable bonds is 1. The van der Waals surface area contributed by atoms with Crippen molar-refractivity contribution in [3.8, 4) is 0 Å². The molecule has 0 aromatic heterocycles. The summed E-state index contributed by atoms with van der Waals surface area (Å²) in [7, 11) is 0. The molecule has 1 fully saturated rings. The summed E-state index contributed by atoms with van der Waals surface area (Å²) in [6, 6.07) is -0.672. The van der Waals surface area contributed by atoms with Crippen molar-refractivity contribution in [3.63, 3.8) is 0 Å². The second-order valence-corrected chi connectivity index (χ2v) is 6.61. The first-order valence-corrected chi connectivity index (χ1v) is 6.16. The van der Waals surface area contributed by atoms with Crippen LogP contribution in [0.2, 0.25) is 0 Å². The second-order valence-electron chi connectivity index (χ2n) is 6.61. The minimum absolute atomic E-state index is 0.158. The maximum atomic E-state index is 11.8. The number of esters is 1. The molecule has 5 heteroatoms. The third kappa shape index (κ3) is 3.89. The van der Waals surface area contributed by atoms with E-state index in [0.29, 0.717) is 0 Å². The van der Waals surface area contributed by atoms with Crippen LogP contribution in [0.15, 0.2) is 0 Å². The average molecular weight is 257 g/mol. The van der Waals surface area contributed by atoms with E-state index in [-0.39, 0.29) is 12.0 Å². The van der Waals surface area contributed by atoms with Gasteiger partial charge in [0, 0.05) is 0 Å². The van der Waals surface area contributed by atoms with Gasteiger partial charge in [0.2, 0.25) is 0 Å². The summed E-state index contributed by atoms with van der Waals surface area (Å²) in [4.78, 5) is 25.1. The molecule has 1 saturated heterocycles. The predicted octanol–water partition coefficient (Wildman–Crippen LogP) is 2.34. The van der Waals surface area contributed by atoms with E-state index in [1.807, 2.05) is 0 Å². The van der Waals surface area contributed by atoms with E-state index in [9.17, 15) is 9.59 Å². The van der Waals surface area contributed by atoms with Crippen LogP contribution >= 0.6 is 0 Å². The number of nitrogens with zero attached hydrogens (tertiary/aromatic N) is 1. The van der Waals surface area contributed by atoms with E-state index in [0.717, 1.165) is 0 Å². The molecule has 0 saturated carbocycles. The highest BCUT2D eigenvalue weighted by Crippen LogP contribution is 2.32. The van der Waals surface area contributed by atoms with Gasteiger partial charge >= 0.3 is 12.1 Å². The SMILES string of the molecule is C[C@@H]1[C@@H](C(=O)OC(C)(C)C)N1C(=O)OC(C)(C)C. The van der Waals surface area contributed by atoms with Crippen molar-refractivity contribution in [1.29, 1.82) is 0 Å². The summed E-state index contributed by atoms with van der Waals surface area (Å²) in [5.74, 6) is -0.374. The van der Waals surface area contributed by atoms with Crippen molar-refractivity contribution >= 4 is 12.1 Å². The molecule has 1 heterocycles. The molecule has 0 aromatic rings. The van der Waals surface area contributed by atoms with E-state index < -0.39 is 23.3 Å². The van der Waals surface area contributed by atoms with Gasteiger partial charge in [-0.1, -0.05) is 0 Å². The first-order chi connectivity index (χ1) is 7.92. The van der Waals surface area contributed by atoms with Gasteiger partial charge in [-0.05, 0) is 48.5 Å². The zero-order valence-electron chi connectivity index (χ0n) is 12.2. The van der Waals surface area contributed by atoms with Gasteiger partial charge in [0.1, 0.15) is 11.2 Å². The first-order valence-electron chi connectivity index (χ1n) is 6.16. The number of carbonyl (C=O) groups is 2. The van der Waals surface area contributed by atoms with Gasteiger partial charge in [-0.25, -0.2) is 9.59 Å². The second kappa shape index (κ2) is 4.44. The molecule has 0 unspecified atom stereocenters. The molecule has 0 aromatic carbocycles. The van der Waals surface area contributed by atoms with Crippen LogP contribution in [0.3, 0.4) is 0 Å². The summed E-state index contributed by atoms with van der Waals surface area (Å²) in [5.41, 5.74) is -1.10. The van der Waals surface area contributed by atoms with Crippen LogP contribution in [-0.4, -0.2) is 40.2 Å². The molecule has 0 bridgehead atoms. The molecule has 18 heavy (non-hydrogen) atoms. The molecule has 0 radical (unpaired) electrons. The van der Waals surface area contributed by atoms with Crippen molar-refractivity contribution in [3.05, 3.63) is 0 Å². The Hall–Kier alpha value is -1.26. The molecule has 0 N–H and O–H groups in total. The summed E-state index contributed by atoms with van der Waals surface area (Å²) in [6.45, 7) is 12.6. The fraction of sp³-hybridized carbons (Fsp3) is 0.846. The molecular formula is C13H23NO4. The summed E-state index contributed by atoms with van der Waals surface area (Å²) >= 11 is 0. The third-order valence-corrected chi connectivity index (χ3v) is 2.36. The Balaban J connectivity index is 2.58. The maximum Gasteiger partial charge on any atom is 0.411 e. The fourth-order valence-corrected chi connectivity index (χ4v) is 1.62. The van der Waals surface area contributed by atoms with E-state index in [1.54, 1.807) is 48.5 Å². The minimum atomic E-state index is -0.558. The summed E-state index contributed by atoms with van der Waals surface area (Å²) in [6.07, 6.45) is -0.467. The van der Waals surface area contributed by atoms with Gasteiger partial charge in [-0.15, -0.1) is 0 Å². The van der Waals surface area contributed by atoms with Crippen LogP contribution in [0.1, 0.15) is 48.5 Å². The highest BCUT2D eigenvalue weighted by atomic mass is 16.6. The first kappa shape index (κ1) is 14.8. The number of carbonyl (C=O) groups excluding carboxylic acids is 2.